The number of Topliss-reactive ketones (excluding diaryl/α,β-unsaturated/α-hetero) is 1. The third kappa shape index (κ3) is 5.12. The van der Waals surface area contributed by atoms with E-state index in [1.165, 1.54) is 11.8 Å². The molecule has 2 heterocycles. The molecule has 34 heavy (non-hydrogen) atoms. The van der Waals surface area contributed by atoms with Crippen LogP contribution in [0.5, 0.6) is 5.75 Å². The Morgan fingerprint density at radius 1 is 1.12 bits per heavy atom. The predicted octanol–water partition coefficient (Wildman–Crippen LogP) is 5.28. The largest absolute Gasteiger partial charge is 0.497 e. The number of methoxy groups -OCH3 is 1. The molecule has 1 saturated heterocycles. The van der Waals surface area contributed by atoms with Gasteiger partial charge in [-0.2, -0.15) is 5.26 Å². The van der Waals surface area contributed by atoms with Gasteiger partial charge in [0.1, 0.15) is 16.8 Å². The summed E-state index contributed by atoms with van der Waals surface area (Å²) in [7, 11) is 1.60. The van der Waals surface area contributed by atoms with E-state index in [-0.39, 0.29) is 22.9 Å². The number of aromatic nitrogens is 1. The molecule has 1 aromatic carbocycles. The van der Waals surface area contributed by atoms with Crippen LogP contribution < -0.4 is 4.74 Å². The first kappa shape index (κ1) is 24.3. The molecule has 7 heteroatoms. The van der Waals surface area contributed by atoms with Gasteiger partial charge in [-0.1, -0.05) is 50.6 Å². The number of thioether (sulfide) groups is 1. The van der Waals surface area contributed by atoms with Gasteiger partial charge in [0, 0.05) is 30.6 Å². The number of rotatable bonds is 5. The minimum Gasteiger partial charge on any atom is -0.497 e. The zero-order chi connectivity index (χ0) is 24.3. The molecule has 0 spiro atoms. The summed E-state index contributed by atoms with van der Waals surface area (Å²) in [5.74, 6) is 1.03. The summed E-state index contributed by atoms with van der Waals surface area (Å²) in [6.07, 6.45) is 5.46. The first-order valence-corrected chi connectivity index (χ1v) is 12.9. The van der Waals surface area contributed by atoms with Gasteiger partial charge in [0.05, 0.1) is 24.1 Å². The number of carbonyl (C=O) groups is 2. The Morgan fingerprint density at radius 2 is 1.79 bits per heavy atom. The lowest BCUT2D eigenvalue weighted by molar-refractivity contribution is -0.128. The standard InChI is InChI=1S/C27H31N3O3S/c1-27(2)14-21-25(22(31)15-27)24(18-8-10-19(33-3)11-9-18)20(16-28)26(29-21)34-17-23(32)30-12-6-4-5-7-13-30/h8-11H,4-7,12-15,17H2,1-3H3. The van der Waals surface area contributed by atoms with Crippen molar-refractivity contribution in [3.63, 3.8) is 0 Å². The van der Waals surface area contributed by atoms with Crippen LogP contribution in [-0.2, 0) is 11.2 Å². The first-order valence-electron chi connectivity index (χ1n) is 11.9. The molecule has 1 fully saturated rings. The molecule has 2 aromatic rings. The van der Waals surface area contributed by atoms with Crippen molar-refractivity contribution in [3.05, 3.63) is 41.1 Å². The molecule has 0 bridgehead atoms. The average Bonchev–Trinajstić information content (AvgIpc) is 3.10. The topological polar surface area (TPSA) is 83.3 Å². The number of pyridine rings is 1. The van der Waals surface area contributed by atoms with Crippen LogP contribution >= 0.6 is 11.8 Å². The van der Waals surface area contributed by atoms with Crippen LogP contribution in [0.25, 0.3) is 11.1 Å². The normalized spacial score (nSPS) is 17.5. The molecule has 0 saturated carbocycles. The van der Waals surface area contributed by atoms with Crippen LogP contribution in [0.4, 0.5) is 0 Å². The Bertz CT molecular complexity index is 1130. The monoisotopic (exact) mass is 477 g/mol. The maximum atomic E-state index is 13.3. The van der Waals surface area contributed by atoms with Gasteiger partial charge in [-0.05, 0) is 42.4 Å². The molecule has 0 atom stereocenters. The highest BCUT2D eigenvalue weighted by Crippen LogP contribution is 2.42. The number of amides is 1. The number of hydrogen-bond acceptors (Lipinski definition) is 6. The molecule has 2 aliphatic rings. The number of fused-ring (bicyclic) bond motifs is 1. The summed E-state index contributed by atoms with van der Waals surface area (Å²) < 4.78 is 5.29. The SMILES string of the molecule is COc1ccc(-c2c(C#N)c(SCC(=O)N3CCCCCC3)nc3c2C(=O)CC(C)(C)C3)cc1. The van der Waals surface area contributed by atoms with Gasteiger partial charge in [0.15, 0.2) is 5.78 Å². The van der Waals surface area contributed by atoms with Crippen molar-refractivity contribution in [2.75, 3.05) is 26.0 Å². The quantitative estimate of drug-likeness (QED) is 0.545. The van der Waals surface area contributed by atoms with Crippen LogP contribution in [0, 0.1) is 16.7 Å². The summed E-state index contributed by atoms with van der Waals surface area (Å²) in [6.45, 7) is 5.72. The molecule has 178 valence electrons. The Morgan fingerprint density at radius 3 is 2.41 bits per heavy atom. The number of ketones is 1. The number of likely N-dealkylation sites (tertiary alicyclic amines) is 1. The van der Waals surface area contributed by atoms with Gasteiger partial charge >= 0.3 is 0 Å². The highest BCUT2D eigenvalue weighted by atomic mass is 32.2. The second-order valence-corrected chi connectivity index (χ2v) is 10.8. The van der Waals surface area contributed by atoms with Crippen LogP contribution in [0.15, 0.2) is 29.3 Å². The lowest BCUT2D eigenvalue weighted by Gasteiger charge is -2.31. The lowest BCUT2D eigenvalue weighted by atomic mass is 9.73. The summed E-state index contributed by atoms with van der Waals surface area (Å²) in [5.41, 5.74) is 2.84. The van der Waals surface area contributed by atoms with Crippen LogP contribution in [0.1, 0.15) is 67.6 Å². The van der Waals surface area contributed by atoms with Crippen LogP contribution in [-0.4, -0.2) is 47.5 Å². The van der Waals surface area contributed by atoms with Crippen molar-refractivity contribution in [3.8, 4) is 22.9 Å². The fourth-order valence-electron chi connectivity index (χ4n) is 4.87. The van der Waals surface area contributed by atoms with E-state index < -0.39 is 0 Å². The van der Waals surface area contributed by atoms with Gasteiger partial charge in [-0.25, -0.2) is 4.98 Å². The number of ether oxygens (including phenoxy) is 1. The molecule has 0 N–H and O–H groups in total. The zero-order valence-electron chi connectivity index (χ0n) is 20.1. The Hall–Kier alpha value is -2.85. The molecule has 6 nitrogen and oxygen atoms in total. The molecule has 4 rings (SSSR count). The summed E-state index contributed by atoms with van der Waals surface area (Å²) in [4.78, 5) is 32.9. The third-order valence-electron chi connectivity index (χ3n) is 6.58. The fourth-order valence-corrected chi connectivity index (χ4v) is 5.78. The van der Waals surface area contributed by atoms with Crippen LogP contribution in [0.2, 0.25) is 0 Å². The maximum Gasteiger partial charge on any atom is 0.232 e. The highest BCUT2D eigenvalue weighted by molar-refractivity contribution is 8.00. The second-order valence-electron chi connectivity index (χ2n) is 9.85. The summed E-state index contributed by atoms with van der Waals surface area (Å²) in [6, 6.07) is 9.71. The van der Waals surface area contributed by atoms with Gasteiger partial charge in [0.2, 0.25) is 5.91 Å². The third-order valence-corrected chi connectivity index (χ3v) is 7.54. The molecule has 1 aliphatic carbocycles. The van der Waals surface area contributed by atoms with E-state index in [4.69, 9.17) is 9.72 Å². The first-order chi connectivity index (χ1) is 16.3. The number of nitrogens with zero attached hydrogens (tertiary/aromatic N) is 3. The molecule has 1 amide bonds. The average molecular weight is 478 g/mol. The Kier molecular flexibility index (Phi) is 7.27. The van der Waals surface area contributed by atoms with E-state index >= 15 is 0 Å². The number of nitriles is 1. The minimum absolute atomic E-state index is 0.0123. The number of benzene rings is 1. The van der Waals surface area contributed by atoms with Crippen molar-refractivity contribution in [2.45, 2.75) is 57.4 Å². The minimum atomic E-state index is -0.202. The zero-order valence-corrected chi connectivity index (χ0v) is 21.0. The highest BCUT2D eigenvalue weighted by Gasteiger charge is 2.36. The van der Waals surface area contributed by atoms with Crippen molar-refractivity contribution in [1.82, 2.24) is 9.88 Å². The molecule has 1 aliphatic heterocycles. The van der Waals surface area contributed by atoms with E-state index in [1.807, 2.05) is 29.2 Å². The van der Waals surface area contributed by atoms with E-state index in [9.17, 15) is 14.9 Å². The number of hydrogen-bond donors (Lipinski definition) is 0. The predicted molar refractivity (Wildman–Crippen MR) is 133 cm³/mol. The second kappa shape index (κ2) is 10.2. The number of carbonyl (C=O) groups excluding carboxylic acids is 2. The van der Waals surface area contributed by atoms with Gasteiger partial charge in [-0.15, -0.1) is 0 Å². The van der Waals surface area contributed by atoms with Gasteiger partial charge < -0.3 is 9.64 Å². The summed E-state index contributed by atoms with van der Waals surface area (Å²) in [5, 5.41) is 10.7. The van der Waals surface area contributed by atoms with Crippen molar-refractivity contribution in [1.29, 1.82) is 5.26 Å². The van der Waals surface area contributed by atoms with Crippen molar-refractivity contribution in [2.24, 2.45) is 5.41 Å². The maximum absolute atomic E-state index is 13.3. The van der Waals surface area contributed by atoms with Crippen molar-refractivity contribution < 1.29 is 14.3 Å². The fraction of sp³-hybridized carbons (Fsp3) is 0.481. The smallest absolute Gasteiger partial charge is 0.232 e. The summed E-state index contributed by atoms with van der Waals surface area (Å²) >= 11 is 1.31. The Labute approximate surface area is 205 Å². The molecule has 0 radical (unpaired) electrons. The Balaban J connectivity index is 1.75. The van der Waals surface area contributed by atoms with Gasteiger partial charge in [-0.3, -0.25) is 9.59 Å². The molecule has 1 aromatic heterocycles. The lowest BCUT2D eigenvalue weighted by Crippen LogP contribution is -2.33. The van der Waals surface area contributed by atoms with Gasteiger partial charge in [0.25, 0.3) is 0 Å². The van der Waals surface area contributed by atoms with E-state index in [2.05, 4.69) is 19.9 Å². The van der Waals surface area contributed by atoms with E-state index in [1.54, 1.807) is 7.11 Å². The molecular weight excluding hydrogens is 446 g/mol. The molecule has 0 unspecified atom stereocenters. The van der Waals surface area contributed by atoms with E-state index in [0.717, 1.165) is 50.0 Å². The van der Waals surface area contributed by atoms with Crippen molar-refractivity contribution >= 4 is 23.5 Å². The van der Waals surface area contributed by atoms with Crippen LogP contribution in [0.3, 0.4) is 0 Å². The van der Waals surface area contributed by atoms with E-state index in [0.29, 0.717) is 40.3 Å². The molecular formula is C27H31N3O3S.